The van der Waals surface area contributed by atoms with Crippen LogP contribution in [-0.4, -0.2) is 31.1 Å². The van der Waals surface area contributed by atoms with Crippen LogP contribution in [0, 0.1) is 0 Å². The number of hydrogen-bond donors (Lipinski definition) is 0. The van der Waals surface area contributed by atoms with E-state index in [1.807, 2.05) is 0 Å². The molecule has 0 aromatic carbocycles. The summed E-state index contributed by atoms with van der Waals surface area (Å²) >= 11 is 9.14. The Kier molecular flexibility index (Phi) is 5.69. The lowest BCUT2D eigenvalue weighted by Gasteiger charge is -2.22. The van der Waals surface area contributed by atoms with E-state index in [0.717, 1.165) is 30.3 Å². The Morgan fingerprint density at radius 1 is 1.39 bits per heavy atom. The normalized spacial score (nSPS) is 19.8. The maximum Gasteiger partial charge on any atom is 0.215 e. The number of hydrogen-bond acceptors (Lipinski definition) is 4. The first-order valence-corrected chi connectivity index (χ1v) is 7.10. The summed E-state index contributed by atoms with van der Waals surface area (Å²) in [5, 5.41) is 0.399. The molecule has 1 aromatic heterocycles. The van der Waals surface area contributed by atoms with Crippen molar-refractivity contribution < 1.29 is 14.2 Å². The molecule has 1 aromatic rings. The average Bonchev–Trinajstić information content (AvgIpc) is 2.35. The van der Waals surface area contributed by atoms with Gasteiger partial charge in [0.15, 0.2) is 6.29 Å². The molecule has 0 N–H and O–H groups in total. The molecule has 0 aliphatic carbocycles. The molecule has 6 heteroatoms. The molecule has 0 saturated carbocycles. The van der Waals surface area contributed by atoms with E-state index in [1.165, 1.54) is 0 Å². The van der Waals surface area contributed by atoms with Gasteiger partial charge in [-0.05, 0) is 25.3 Å². The van der Waals surface area contributed by atoms with Crippen LogP contribution < -0.4 is 4.74 Å². The van der Waals surface area contributed by atoms with Gasteiger partial charge in [0.2, 0.25) is 5.88 Å². The zero-order chi connectivity index (χ0) is 12.8. The molecule has 0 spiro atoms. The summed E-state index contributed by atoms with van der Waals surface area (Å²) in [6.45, 7) is 1.70. The molecule has 0 radical (unpaired) electrons. The lowest BCUT2D eigenvalue weighted by atomic mass is 10.2. The first-order chi connectivity index (χ1) is 8.74. The molecule has 0 bridgehead atoms. The Balaban J connectivity index is 1.68. The van der Waals surface area contributed by atoms with E-state index in [9.17, 15) is 0 Å². The first-order valence-electron chi connectivity index (χ1n) is 5.93. The fraction of sp³-hybridized carbons (Fsp3) is 0.583. The van der Waals surface area contributed by atoms with Crippen LogP contribution in [0.1, 0.15) is 19.3 Å². The molecular weight excluding hydrogens is 321 g/mol. The van der Waals surface area contributed by atoms with Crippen molar-refractivity contribution in [3.8, 4) is 5.88 Å². The standard InChI is InChI=1S/C12H15BrClNO3/c13-9-7-10(14)15-11(8-9)16-5-6-18-12-3-1-2-4-17-12/h7-8,12H,1-6H2/t12-/m0/s1. The van der Waals surface area contributed by atoms with Gasteiger partial charge >= 0.3 is 0 Å². The van der Waals surface area contributed by atoms with Crippen molar-refractivity contribution in [1.29, 1.82) is 0 Å². The monoisotopic (exact) mass is 335 g/mol. The molecule has 2 heterocycles. The van der Waals surface area contributed by atoms with E-state index in [1.54, 1.807) is 12.1 Å². The molecule has 1 aliphatic heterocycles. The maximum absolute atomic E-state index is 5.81. The van der Waals surface area contributed by atoms with Crippen LogP contribution >= 0.6 is 27.5 Å². The van der Waals surface area contributed by atoms with Crippen molar-refractivity contribution in [3.05, 3.63) is 21.8 Å². The van der Waals surface area contributed by atoms with Crippen LogP contribution in [0.25, 0.3) is 0 Å². The zero-order valence-electron chi connectivity index (χ0n) is 9.90. The Morgan fingerprint density at radius 3 is 3.00 bits per heavy atom. The highest BCUT2D eigenvalue weighted by molar-refractivity contribution is 9.10. The summed E-state index contributed by atoms with van der Waals surface area (Å²) in [6.07, 6.45) is 3.16. The van der Waals surface area contributed by atoms with E-state index in [0.29, 0.717) is 24.2 Å². The number of aromatic nitrogens is 1. The van der Waals surface area contributed by atoms with Crippen LogP contribution in [0.4, 0.5) is 0 Å². The van der Waals surface area contributed by atoms with E-state index < -0.39 is 0 Å². The highest BCUT2D eigenvalue weighted by Crippen LogP contribution is 2.20. The van der Waals surface area contributed by atoms with E-state index in [-0.39, 0.29) is 6.29 Å². The lowest BCUT2D eigenvalue weighted by Crippen LogP contribution is -2.24. The quantitative estimate of drug-likeness (QED) is 0.610. The Bertz CT molecular complexity index is 365. The number of rotatable bonds is 5. The maximum atomic E-state index is 5.81. The van der Waals surface area contributed by atoms with E-state index in [2.05, 4.69) is 20.9 Å². The topological polar surface area (TPSA) is 40.6 Å². The van der Waals surface area contributed by atoms with Gasteiger partial charge in [-0.1, -0.05) is 27.5 Å². The van der Waals surface area contributed by atoms with Crippen molar-refractivity contribution in [2.45, 2.75) is 25.6 Å². The fourth-order valence-corrected chi connectivity index (χ4v) is 2.43. The fourth-order valence-electron chi connectivity index (χ4n) is 1.69. The largest absolute Gasteiger partial charge is 0.475 e. The summed E-state index contributed by atoms with van der Waals surface area (Å²) < 4.78 is 17.3. The lowest BCUT2D eigenvalue weighted by molar-refractivity contribution is -0.165. The van der Waals surface area contributed by atoms with Gasteiger partial charge in [-0.25, -0.2) is 4.98 Å². The summed E-state index contributed by atoms with van der Waals surface area (Å²) in [5.74, 6) is 0.488. The van der Waals surface area contributed by atoms with Gasteiger partial charge in [-0.15, -0.1) is 0 Å². The van der Waals surface area contributed by atoms with Gasteiger partial charge in [0.05, 0.1) is 6.61 Å². The molecule has 100 valence electrons. The average molecular weight is 337 g/mol. The third kappa shape index (κ3) is 4.72. The molecule has 18 heavy (non-hydrogen) atoms. The second-order valence-corrected chi connectivity index (χ2v) is 5.26. The van der Waals surface area contributed by atoms with Crippen molar-refractivity contribution in [1.82, 2.24) is 4.98 Å². The van der Waals surface area contributed by atoms with Gasteiger partial charge in [0.1, 0.15) is 11.8 Å². The van der Waals surface area contributed by atoms with Crippen molar-refractivity contribution >= 4 is 27.5 Å². The third-order valence-corrected chi connectivity index (χ3v) is 3.16. The Labute approximate surface area is 120 Å². The second kappa shape index (κ2) is 7.28. The minimum absolute atomic E-state index is 0.0820. The van der Waals surface area contributed by atoms with Crippen LogP contribution in [0.3, 0.4) is 0 Å². The van der Waals surface area contributed by atoms with Crippen LogP contribution in [0.5, 0.6) is 5.88 Å². The summed E-state index contributed by atoms with van der Waals surface area (Å²) in [6, 6.07) is 3.48. The van der Waals surface area contributed by atoms with E-state index in [4.69, 9.17) is 25.8 Å². The first kappa shape index (κ1) is 14.1. The Morgan fingerprint density at radius 2 is 2.28 bits per heavy atom. The smallest absolute Gasteiger partial charge is 0.215 e. The molecular formula is C12H15BrClNO3. The highest BCUT2D eigenvalue weighted by Gasteiger charge is 2.13. The predicted octanol–water partition coefficient (Wildman–Crippen LogP) is 3.42. The second-order valence-electron chi connectivity index (χ2n) is 3.96. The van der Waals surface area contributed by atoms with Crippen molar-refractivity contribution in [2.24, 2.45) is 0 Å². The SMILES string of the molecule is Clc1cc(Br)cc(OCCO[C@H]2CCCCO2)n1. The minimum atomic E-state index is -0.0820. The molecule has 1 atom stereocenters. The van der Waals surface area contributed by atoms with Gasteiger partial charge in [0.25, 0.3) is 0 Å². The van der Waals surface area contributed by atoms with Gasteiger partial charge in [-0.2, -0.15) is 0 Å². The van der Waals surface area contributed by atoms with Crippen molar-refractivity contribution in [3.63, 3.8) is 0 Å². The number of nitrogens with zero attached hydrogens (tertiary/aromatic N) is 1. The molecule has 4 nitrogen and oxygen atoms in total. The summed E-state index contributed by atoms with van der Waals surface area (Å²) in [4.78, 5) is 4.04. The molecule has 0 amide bonds. The molecule has 1 aliphatic rings. The zero-order valence-corrected chi connectivity index (χ0v) is 12.2. The molecule has 0 unspecified atom stereocenters. The summed E-state index contributed by atoms with van der Waals surface area (Å²) in [7, 11) is 0. The van der Waals surface area contributed by atoms with Gasteiger partial charge in [0, 0.05) is 17.1 Å². The van der Waals surface area contributed by atoms with E-state index >= 15 is 0 Å². The summed E-state index contributed by atoms with van der Waals surface area (Å²) in [5.41, 5.74) is 0. The number of halogens is 2. The van der Waals surface area contributed by atoms with Crippen LogP contribution in [-0.2, 0) is 9.47 Å². The third-order valence-electron chi connectivity index (χ3n) is 2.51. The van der Waals surface area contributed by atoms with Gasteiger partial charge in [-0.3, -0.25) is 0 Å². The van der Waals surface area contributed by atoms with Crippen LogP contribution in [0.2, 0.25) is 5.15 Å². The number of ether oxygens (including phenoxy) is 3. The highest BCUT2D eigenvalue weighted by atomic mass is 79.9. The van der Waals surface area contributed by atoms with Gasteiger partial charge < -0.3 is 14.2 Å². The predicted molar refractivity (Wildman–Crippen MR) is 72.0 cm³/mol. The Hall–Kier alpha value is -0.360. The van der Waals surface area contributed by atoms with Crippen molar-refractivity contribution in [2.75, 3.05) is 19.8 Å². The molecule has 1 saturated heterocycles. The number of pyridine rings is 1. The molecule has 2 rings (SSSR count). The minimum Gasteiger partial charge on any atom is -0.475 e. The molecule has 1 fully saturated rings. The van der Waals surface area contributed by atoms with Crippen LogP contribution in [0.15, 0.2) is 16.6 Å².